The van der Waals surface area contributed by atoms with E-state index in [0.29, 0.717) is 28.2 Å². The van der Waals surface area contributed by atoms with Gasteiger partial charge in [-0.05, 0) is 30.7 Å². The summed E-state index contributed by atoms with van der Waals surface area (Å²) in [6, 6.07) is 10.9. The van der Waals surface area contributed by atoms with Gasteiger partial charge in [-0.15, -0.1) is 0 Å². The molecule has 3 aromatic heterocycles. The molecule has 1 N–H and O–H groups in total. The first-order chi connectivity index (χ1) is 12.7. The molecule has 0 unspecified atom stereocenters. The molecule has 0 saturated carbocycles. The van der Waals surface area contributed by atoms with Crippen LogP contribution in [0, 0.1) is 18.3 Å². The van der Waals surface area contributed by atoms with Crippen molar-refractivity contribution in [3.63, 3.8) is 0 Å². The predicted octanol–water partition coefficient (Wildman–Crippen LogP) is 2.82. The van der Waals surface area contributed by atoms with Gasteiger partial charge in [-0.3, -0.25) is 4.79 Å². The molecule has 0 aliphatic carbocycles. The van der Waals surface area contributed by atoms with Crippen molar-refractivity contribution in [2.75, 3.05) is 5.32 Å². The van der Waals surface area contributed by atoms with E-state index in [1.165, 1.54) is 17.1 Å². The molecule has 8 heteroatoms. The average Bonchev–Trinajstić information content (AvgIpc) is 3.32. The summed E-state index contributed by atoms with van der Waals surface area (Å²) < 4.78 is 6.27. The fourth-order valence-electron chi connectivity index (χ4n) is 2.61. The Hall–Kier alpha value is -3.99. The molecule has 0 atom stereocenters. The van der Waals surface area contributed by atoms with Gasteiger partial charge < -0.3 is 9.84 Å². The smallest absolute Gasteiger partial charge is 0.259 e. The van der Waals surface area contributed by atoms with Gasteiger partial charge in [0.05, 0.1) is 22.8 Å². The van der Waals surface area contributed by atoms with E-state index in [9.17, 15) is 4.79 Å². The normalized spacial score (nSPS) is 10.6. The number of hydrogen-bond acceptors (Lipinski definition) is 6. The van der Waals surface area contributed by atoms with Crippen LogP contribution in [0.3, 0.4) is 0 Å². The minimum absolute atomic E-state index is 0.293. The Morgan fingerprint density at radius 2 is 2.19 bits per heavy atom. The lowest BCUT2D eigenvalue weighted by Gasteiger charge is -2.09. The SMILES string of the molecule is Cc1ccc(-c2ncon2)cc1NC(=O)c1cnn2cc(C#N)ccc12. The molecule has 1 aromatic carbocycles. The zero-order valence-electron chi connectivity index (χ0n) is 13.7. The first-order valence-electron chi connectivity index (χ1n) is 7.72. The highest BCUT2D eigenvalue weighted by molar-refractivity contribution is 6.09. The van der Waals surface area contributed by atoms with E-state index in [4.69, 9.17) is 9.78 Å². The number of nitrogens with zero attached hydrogens (tertiary/aromatic N) is 5. The molecule has 0 fully saturated rings. The number of fused-ring (bicyclic) bond motifs is 1. The lowest BCUT2D eigenvalue weighted by atomic mass is 10.1. The third-order valence-electron chi connectivity index (χ3n) is 4.00. The summed E-state index contributed by atoms with van der Waals surface area (Å²) >= 11 is 0. The van der Waals surface area contributed by atoms with Crippen LogP contribution in [0.15, 0.2) is 53.6 Å². The van der Waals surface area contributed by atoms with E-state index in [1.54, 1.807) is 24.4 Å². The van der Waals surface area contributed by atoms with Crippen LogP contribution in [0.4, 0.5) is 5.69 Å². The standard InChI is InChI=1S/C18H12N6O2/c1-11-2-4-13(17-20-10-26-23-17)6-15(11)22-18(25)14-8-21-24-9-12(7-19)3-5-16(14)24/h2-6,8-10H,1H3,(H,22,25). The van der Waals surface area contributed by atoms with Gasteiger partial charge in [-0.1, -0.05) is 17.3 Å². The molecule has 4 rings (SSSR count). The number of nitrogens with one attached hydrogen (secondary N) is 1. The minimum atomic E-state index is -0.293. The molecule has 4 aromatic rings. The van der Waals surface area contributed by atoms with Crippen molar-refractivity contribution in [1.29, 1.82) is 5.26 Å². The molecule has 1 amide bonds. The van der Waals surface area contributed by atoms with Crippen molar-refractivity contribution in [3.05, 3.63) is 65.8 Å². The van der Waals surface area contributed by atoms with Gasteiger partial charge in [-0.25, -0.2) is 4.52 Å². The summed E-state index contributed by atoms with van der Waals surface area (Å²) in [6.07, 6.45) is 4.31. The number of carbonyl (C=O) groups excluding carboxylic acids is 1. The van der Waals surface area contributed by atoms with Crippen molar-refractivity contribution < 1.29 is 9.32 Å². The number of aromatic nitrogens is 4. The fraction of sp³-hybridized carbons (Fsp3) is 0.0556. The van der Waals surface area contributed by atoms with E-state index in [0.717, 1.165) is 11.1 Å². The molecular formula is C18H12N6O2. The zero-order chi connectivity index (χ0) is 18.1. The molecule has 0 radical (unpaired) electrons. The van der Waals surface area contributed by atoms with Gasteiger partial charge in [0.2, 0.25) is 12.2 Å². The maximum Gasteiger partial charge on any atom is 0.259 e. The number of nitriles is 1. The number of amides is 1. The molecule has 0 saturated heterocycles. The van der Waals surface area contributed by atoms with Gasteiger partial charge in [0, 0.05) is 17.4 Å². The Morgan fingerprint density at radius 3 is 2.96 bits per heavy atom. The molecule has 126 valence electrons. The monoisotopic (exact) mass is 344 g/mol. The molecule has 0 spiro atoms. The maximum absolute atomic E-state index is 12.7. The fourth-order valence-corrected chi connectivity index (χ4v) is 2.61. The van der Waals surface area contributed by atoms with Crippen LogP contribution in [-0.4, -0.2) is 25.7 Å². The van der Waals surface area contributed by atoms with Crippen molar-refractivity contribution in [3.8, 4) is 17.5 Å². The van der Waals surface area contributed by atoms with Crippen molar-refractivity contribution in [2.24, 2.45) is 0 Å². The maximum atomic E-state index is 12.7. The van der Waals surface area contributed by atoms with Gasteiger partial charge in [-0.2, -0.15) is 15.3 Å². The van der Waals surface area contributed by atoms with Crippen molar-refractivity contribution in [1.82, 2.24) is 19.8 Å². The van der Waals surface area contributed by atoms with Crippen LogP contribution in [0.1, 0.15) is 21.5 Å². The number of aryl methyl sites for hydroxylation is 1. The number of benzene rings is 1. The third kappa shape index (κ3) is 2.67. The van der Waals surface area contributed by atoms with E-state index < -0.39 is 0 Å². The summed E-state index contributed by atoms with van der Waals surface area (Å²) in [7, 11) is 0. The van der Waals surface area contributed by atoms with Gasteiger partial charge in [0.15, 0.2) is 0 Å². The van der Waals surface area contributed by atoms with Crippen LogP contribution in [-0.2, 0) is 0 Å². The Labute approximate surface area is 147 Å². The Kier molecular flexibility index (Phi) is 3.67. The lowest BCUT2D eigenvalue weighted by Crippen LogP contribution is -2.12. The summed E-state index contributed by atoms with van der Waals surface area (Å²) in [4.78, 5) is 16.7. The summed E-state index contributed by atoms with van der Waals surface area (Å²) in [5.41, 5.74) is 3.78. The zero-order valence-corrected chi connectivity index (χ0v) is 13.7. The number of pyridine rings is 1. The molecule has 0 aliphatic heterocycles. The number of rotatable bonds is 3. The van der Waals surface area contributed by atoms with Gasteiger partial charge in [0.25, 0.3) is 5.91 Å². The van der Waals surface area contributed by atoms with Crippen LogP contribution in [0.5, 0.6) is 0 Å². The molecule has 0 aliphatic rings. The van der Waals surface area contributed by atoms with Crippen LogP contribution in [0.25, 0.3) is 16.9 Å². The lowest BCUT2D eigenvalue weighted by molar-refractivity contribution is 0.102. The summed E-state index contributed by atoms with van der Waals surface area (Å²) in [5.74, 6) is 0.151. The molecule has 8 nitrogen and oxygen atoms in total. The van der Waals surface area contributed by atoms with Gasteiger partial charge in [0.1, 0.15) is 6.07 Å². The van der Waals surface area contributed by atoms with E-state index in [-0.39, 0.29) is 5.91 Å². The van der Waals surface area contributed by atoms with Crippen LogP contribution < -0.4 is 5.32 Å². The first-order valence-corrected chi connectivity index (χ1v) is 7.72. The topological polar surface area (TPSA) is 109 Å². The van der Waals surface area contributed by atoms with E-state index in [1.807, 2.05) is 25.1 Å². The number of carbonyl (C=O) groups is 1. The predicted molar refractivity (Wildman–Crippen MR) is 92.3 cm³/mol. The molecule has 3 heterocycles. The van der Waals surface area contributed by atoms with Crippen LogP contribution >= 0.6 is 0 Å². The van der Waals surface area contributed by atoms with E-state index >= 15 is 0 Å². The first kappa shape index (κ1) is 15.5. The molecular weight excluding hydrogens is 332 g/mol. The Balaban J connectivity index is 1.67. The highest BCUT2D eigenvalue weighted by Gasteiger charge is 2.15. The van der Waals surface area contributed by atoms with Crippen molar-refractivity contribution >= 4 is 17.1 Å². The van der Waals surface area contributed by atoms with Gasteiger partial charge >= 0.3 is 0 Å². The second-order valence-corrected chi connectivity index (χ2v) is 5.66. The third-order valence-corrected chi connectivity index (χ3v) is 4.00. The second kappa shape index (κ2) is 6.14. The molecule has 0 bridgehead atoms. The highest BCUT2D eigenvalue weighted by atomic mass is 16.5. The Bertz CT molecular complexity index is 1150. The van der Waals surface area contributed by atoms with Crippen LogP contribution in [0.2, 0.25) is 0 Å². The quantitative estimate of drug-likeness (QED) is 0.612. The largest absolute Gasteiger partial charge is 0.342 e. The Morgan fingerprint density at radius 1 is 1.31 bits per heavy atom. The number of anilines is 1. The highest BCUT2D eigenvalue weighted by Crippen LogP contribution is 2.24. The van der Waals surface area contributed by atoms with Crippen molar-refractivity contribution in [2.45, 2.75) is 6.92 Å². The molecule has 26 heavy (non-hydrogen) atoms. The minimum Gasteiger partial charge on any atom is -0.342 e. The average molecular weight is 344 g/mol. The number of hydrogen-bond donors (Lipinski definition) is 1. The summed E-state index contributed by atoms with van der Waals surface area (Å²) in [6.45, 7) is 1.89. The summed E-state index contributed by atoms with van der Waals surface area (Å²) in [5, 5.41) is 19.8. The second-order valence-electron chi connectivity index (χ2n) is 5.66. The van der Waals surface area contributed by atoms with E-state index in [2.05, 4.69) is 20.6 Å².